The number of benzene rings is 1. The zero-order valence-corrected chi connectivity index (χ0v) is 21.6. The Hall–Kier alpha value is -4.77. The fourth-order valence-corrected chi connectivity index (χ4v) is 5.33. The average Bonchev–Trinajstić information content (AvgIpc) is 3.38. The van der Waals surface area contributed by atoms with E-state index in [4.69, 9.17) is 10.2 Å². The lowest BCUT2D eigenvalue weighted by molar-refractivity contribution is 0.102. The highest BCUT2D eigenvalue weighted by Gasteiger charge is 2.27. The maximum Gasteiger partial charge on any atom is 0.268 e. The van der Waals surface area contributed by atoms with Crippen molar-refractivity contribution in [3.05, 3.63) is 89.6 Å². The van der Waals surface area contributed by atoms with Gasteiger partial charge in [-0.2, -0.15) is 10.2 Å². The minimum absolute atomic E-state index is 0.292. The number of imidazole rings is 1. The zero-order valence-electron chi connectivity index (χ0n) is 20.7. The topological polar surface area (TPSA) is 103 Å². The Morgan fingerprint density at radius 1 is 1.00 bits per heavy atom. The van der Waals surface area contributed by atoms with E-state index in [1.165, 1.54) is 23.5 Å². The summed E-state index contributed by atoms with van der Waals surface area (Å²) in [6.07, 6.45) is 7.54. The molecule has 1 aromatic carbocycles. The Morgan fingerprint density at radius 3 is 2.62 bits per heavy atom. The largest absolute Gasteiger partial charge is 0.304 e. The number of carbonyl (C=O) groups is 1. The Kier molecular flexibility index (Phi) is 5.51. The van der Waals surface area contributed by atoms with E-state index in [9.17, 15) is 9.18 Å². The molecule has 5 aromatic heterocycles. The third-order valence-electron chi connectivity index (χ3n) is 6.50. The Morgan fingerprint density at radius 2 is 1.85 bits per heavy atom. The highest BCUT2D eigenvalue weighted by atomic mass is 32.1. The van der Waals surface area contributed by atoms with Crippen molar-refractivity contribution in [3.8, 4) is 33.2 Å². The lowest BCUT2D eigenvalue weighted by atomic mass is 10.1. The number of nitrogens with one attached hydrogen (secondary N) is 1. The van der Waals surface area contributed by atoms with Crippen LogP contribution < -0.4 is 5.32 Å². The quantitative estimate of drug-likeness (QED) is 0.288. The number of carbonyl (C=O) groups excluding carboxylic acids is 1. The summed E-state index contributed by atoms with van der Waals surface area (Å²) in [6, 6.07) is 16.0. The summed E-state index contributed by atoms with van der Waals surface area (Å²) in [7, 11) is 0. The molecule has 1 aliphatic carbocycles. The molecule has 0 radical (unpaired) electrons. The number of anilines is 1. The van der Waals surface area contributed by atoms with Crippen molar-refractivity contribution in [2.24, 2.45) is 0 Å². The van der Waals surface area contributed by atoms with Crippen LogP contribution in [0.1, 0.15) is 34.2 Å². The van der Waals surface area contributed by atoms with Crippen molar-refractivity contribution in [1.29, 1.82) is 0 Å². The summed E-state index contributed by atoms with van der Waals surface area (Å²) < 4.78 is 17.2. The van der Waals surface area contributed by atoms with E-state index in [1.807, 2.05) is 41.2 Å². The van der Waals surface area contributed by atoms with Crippen molar-refractivity contribution < 1.29 is 9.18 Å². The third kappa shape index (κ3) is 4.46. The molecule has 39 heavy (non-hydrogen) atoms. The molecule has 1 N–H and O–H groups in total. The van der Waals surface area contributed by atoms with Gasteiger partial charge in [0.05, 0.1) is 29.3 Å². The Bertz CT molecular complexity index is 1840. The first kappa shape index (κ1) is 23.4. The maximum absolute atomic E-state index is 13.6. The first-order chi connectivity index (χ1) is 19.0. The van der Waals surface area contributed by atoms with Gasteiger partial charge in [-0.25, -0.2) is 18.9 Å². The smallest absolute Gasteiger partial charge is 0.268 e. The second-order valence-electron chi connectivity index (χ2n) is 9.36. The summed E-state index contributed by atoms with van der Waals surface area (Å²) in [5, 5.41) is 13.1. The van der Waals surface area contributed by atoms with Crippen molar-refractivity contribution in [3.63, 3.8) is 0 Å². The minimum Gasteiger partial charge on any atom is -0.304 e. The molecule has 0 saturated heterocycles. The first-order valence-corrected chi connectivity index (χ1v) is 13.3. The lowest BCUT2D eigenvalue weighted by Crippen LogP contribution is -2.11. The first-order valence-electron chi connectivity index (χ1n) is 12.4. The number of amides is 1. The molecule has 1 amide bonds. The van der Waals surface area contributed by atoms with Gasteiger partial charge in [-0.15, -0.1) is 11.3 Å². The molecule has 192 valence electrons. The average molecular weight is 537 g/mol. The van der Waals surface area contributed by atoms with Gasteiger partial charge in [-0.05, 0) is 68.3 Å². The van der Waals surface area contributed by atoms with Crippen LogP contribution in [0.5, 0.6) is 0 Å². The van der Waals surface area contributed by atoms with Crippen molar-refractivity contribution in [2.45, 2.75) is 25.8 Å². The van der Waals surface area contributed by atoms with E-state index in [-0.39, 0.29) is 11.7 Å². The Balaban J connectivity index is 1.19. The summed E-state index contributed by atoms with van der Waals surface area (Å²) in [5.74, 6) is -0.208. The molecular formula is C28H21FN8OS. The normalized spacial score (nSPS) is 13.2. The fourth-order valence-electron chi connectivity index (χ4n) is 4.39. The van der Waals surface area contributed by atoms with Gasteiger partial charge in [0.15, 0.2) is 11.5 Å². The van der Waals surface area contributed by atoms with Gasteiger partial charge < -0.3 is 5.32 Å². The van der Waals surface area contributed by atoms with Crippen molar-refractivity contribution in [2.75, 3.05) is 5.32 Å². The van der Waals surface area contributed by atoms with Crippen LogP contribution in [0.15, 0.2) is 73.2 Å². The number of halogens is 1. The molecular weight excluding hydrogens is 515 g/mol. The van der Waals surface area contributed by atoms with E-state index < -0.39 is 0 Å². The van der Waals surface area contributed by atoms with Crippen LogP contribution in [0.2, 0.25) is 0 Å². The minimum atomic E-state index is -0.295. The van der Waals surface area contributed by atoms with E-state index >= 15 is 0 Å². The van der Waals surface area contributed by atoms with Crippen LogP contribution in [0.25, 0.3) is 38.9 Å². The van der Waals surface area contributed by atoms with Gasteiger partial charge in [0.1, 0.15) is 21.4 Å². The predicted molar refractivity (Wildman–Crippen MR) is 146 cm³/mol. The molecule has 9 nitrogen and oxygen atoms in total. The molecule has 1 saturated carbocycles. The SMILES string of the molecule is Cc1nc(-c2ccccn2)sc1C(=O)Nc1cn2nc(-c3cn(C4CC4)nc3-c3ccc(F)cc3)ccc2n1. The monoisotopic (exact) mass is 536 g/mol. The molecule has 0 unspecified atom stereocenters. The maximum atomic E-state index is 13.6. The summed E-state index contributed by atoms with van der Waals surface area (Å²) in [6.45, 7) is 1.80. The summed E-state index contributed by atoms with van der Waals surface area (Å²) in [5.41, 5.74) is 5.03. The molecule has 11 heteroatoms. The van der Waals surface area contributed by atoms with Crippen LogP contribution in [-0.4, -0.2) is 40.3 Å². The predicted octanol–water partition coefficient (Wildman–Crippen LogP) is 5.81. The second kappa shape index (κ2) is 9.21. The zero-order chi connectivity index (χ0) is 26.5. The number of nitrogens with zero attached hydrogens (tertiary/aromatic N) is 7. The number of aryl methyl sites for hydroxylation is 1. The van der Waals surface area contributed by atoms with Crippen LogP contribution in [0.3, 0.4) is 0 Å². The molecule has 0 bridgehead atoms. The fraction of sp³-hybridized carbons (Fsp3) is 0.143. The van der Waals surface area contributed by atoms with E-state index in [0.29, 0.717) is 38.8 Å². The van der Waals surface area contributed by atoms with Crippen LogP contribution >= 0.6 is 11.3 Å². The van der Waals surface area contributed by atoms with Crippen LogP contribution in [0, 0.1) is 12.7 Å². The van der Waals surface area contributed by atoms with E-state index in [1.54, 1.807) is 36.0 Å². The van der Waals surface area contributed by atoms with Gasteiger partial charge in [-0.3, -0.25) is 14.5 Å². The number of hydrogen-bond donors (Lipinski definition) is 1. The molecule has 0 atom stereocenters. The lowest BCUT2D eigenvalue weighted by Gasteiger charge is -2.03. The van der Waals surface area contributed by atoms with Crippen molar-refractivity contribution in [1.82, 2.24) is 34.3 Å². The molecule has 5 heterocycles. The molecule has 0 spiro atoms. The third-order valence-corrected chi connectivity index (χ3v) is 7.67. The van der Waals surface area contributed by atoms with Gasteiger partial charge in [0.2, 0.25) is 0 Å². The number of fused-ring (bicyclic) bond motifs is 1. The highest BCUT2D eigenvalue weighted by Crippen LogP contribution is 2.38. The van der Waals surface area contributed by atoms with Crippen LogP contribution in [0.4, 0.5) is 10.2 Å². The van der Waals surface area contributed by atoms with Crippen LogP contribution in [-0.2, 0) is 0 Å². The number of aromatic nitrogens is 7. The van der Waals surface area contributed by atoms with Gasteiger partial charge in [-0.1, -0.05) is 6.07 Å². The van der Waals surface area contributed by atoms with Gasteiger partial charge in [0, 0.05) is 23.5 Å². The summed E-state index contributed by atoms with van der Waals surface area (Å²) in [4.78, 5) is 26.9. The molecule has 1 aliphatic rings. The highest BCUT2D eigenvalue weighted by molar-refractivity contribution is 7.17. The Labute approximate surface area is 226 Å². The molecule has 0 aliphatic heterocycles. The second-order valence-corrected chi connectivity index (χ2v) is 10.4. The number of pyridine rings is 1. The number of hydrogen-bond acceptors (Lipinski definition) is 7. The van der Waals surface area contributed by atoms with Gasteiger partial charge in [0.25, 0.3) is 5.91 Å². The van der Waals surface area contributed by atoms with Crippen molar-refractivity contribution >= 4 is 28.7 Å². The van der Waals surface area contributed by atoms with E-state index in [0.717, 1.165) is 35.4 Å². The molecule has 1 fully saturated rings. The number of rotatable bonds is 6. The molecule has 7 rings (SSSR count). The van der Waals surface area contributed by atoms with E-state index in [2.05, 4.69) is 20.3 Å². The standard InChI is InChI=1S/C28H21FN8OS/c1-16-26(39-28(31-16)22-4-2-3-13-30-22)27(38)33-23-15-37-24(32-23)12-11-21(34-37)20-14-36(19-9-10-19)35-25(20)17-5-7-18(29)8-6-17/h2-8,11-15,19H,9-10H2,1H3,(H,33,38). The van der Waals surface area contributed by atoms with Gasteiger partial charge >= 0.3 is 0 Å². The number of thiazole rings is 1. The molecule has 6 aromatic rings. The summed E-state index contributed by atoms with van der Waals surface area (Å²) >= 11 is 1.29.